The molecule has 3 nitrogen and oxygen atoms in total. The second-order valence-electron chi connectivity index (χ2n) is 3.73. The number of nitrogens with zero attached hydrogens (tertiary/aromatic N) is 1. The topological polar surface area (TPSA) is 59.0 Å². The van der Waals surface area contributed by atoms with E-state index in [0.29, 0.717) is 17.1 Å². The van der Waals surface area contributed by atoms with Gasteiger partial charge in [-0.1, -0.05) is 12.1 Å². The molecule has 3 heteroatoms. The van der Waals surface area contributed by atoms with Gasteiger partial charge in [0, 0.05) is 5.69 Å². The van der Waals surface area contributed by atoms with Crippen LogP contribution in [0.15, 0.2) is 42.5 Å². The van der Waals surface area contributed by atoms with Gasteiger partial charge in [-0.2, -0.15) is 5.26 Å². The van der Waals surface area contributed by atoms with E-state index < -0.39 is 0 Å². The number of benzene rings is 2. The largest absolute Gasteiger partial charge is 0.456 e. The molecule has 2 aromatic rings. The summed E-state index contributed by atoms with van der Waals surface area (Å²) in [5.74, 6) is 1.23. The van der Waals surface area contributed by atoms with Crippen LogP contribution in [0.2, 0.25) is 0 Å². The fraction of sp³-hybridized carbons (Fsp3) is 0.0714. The Morgan fingerprint density at radius 2 is 1.94 bits per heavy atom. The summed E-state index contributed by atoms with van der Waals surface area (Å²) in [6, 6.07) is 14.7. The number of nitriles is 1. The van der Waals surface area contributed by atoms with Crippen LogP contribution in [-0.4, -0.2) is 0 Å². The molecule has 0 aromatic heterocycles. The van der Waals surface area contributed by atoms with Gasteiger partial charge in [0.1, 0.15) is 17.6 Å². The minimum atomic E-state index is 0.516. The van der Waals surface area contributed by atoms with Crippen LogP contribution in [0.5, 0.6) is 11.5 Å². The average Bonchev–Trinajstić information content (AvgIpc) is 2.34. The number of ether oxygens (including phenoxy) is 1. The lowest BCUT2D eigenvalue weighted by Crippen LogP contribution is -1.92. The van der Waals surface area contributed by atoms with Gasteiger partial charge in [0.2, 0.25) is 0 Å². The molecule has 0 saturated heterocycles. The van der Waals surface area contributed by atoms with Crippen LogP contribution >= 0.6 is 0 Å². The summed E-state index contributed by atoms with van der Waals surface area (Å²) in [7, 11) is 0. The van der Waals surface area contributed by atoms with Gasteiger partial charge in [0.05, 0.1) is 5.56 Å². The first-order chi connectivity index (χ1) is 8.20. The van der Waals surface area contributed by atoms with Gasteiger partial charge in [-0.25, -0.2) is 0 Å². The maximum absolute atomic E-state index is 8.95. The zero-order valence-electron chi connectivity index (χ0n) is 9.47. The summed E-state index contributed by atoms with van der Waals surface area (Å²) < 4.78 is 5.66. The molecule has 0 saturated carbocycles. The standard InChI is InChI=1S/C14H12N2O/c1-10-8-12(6-7-13(10)16)17-14-5-3-2-4-11(14)9-15/h2-8H,16H2,1H3. The predicted octanol–water partition coefficient (Wildman–Crippen LogP) is 3.24. The lowest BCUT2D eigenvalue weighted by Gasteiger charge is -2.08. The zero-order chi connectivity index (χ0) is 12.3. The fourth-order valence-electron chi connectivity index (χ4n) is 1.49. The third-order valence-corrected chi connectivity index (χ3v) is 2.48. The van der Waals surface area contributed by atoms with E-state index in [1.807, 2.05) is 19.1 Å². The van der Waals surface area contributed by atoms with Gasteiger partial charge in [-0.05, 0) is 42.8 Å². The highest BCUT2D eigenvalue weighted by Crippen LogP contribution is 2.26. The Hall–Kier alpha value is -2.47. The summed E-state index contributed by atoms with van der Waals surface area (Å²) in [5, 5.41) is 8.95. The molecule has 0 aliphatic carbocycles. The lowest BCUT2D eigenvalue weighted by atomic mass is 10.2. The number of rotatable bonds is 2. The Kier molecular flexibility index (Phi) is 2.97. The van der Waals surface area contributed by atoms with Gasteiger partial charge in [0.25, 0.3) is 0 Å². The number of aryl methyl sites for hydroxylation is 1. The molecule has 0 radical (unpaired) electrons. The van der Waals surface area contributed by atoms with Gasteiger partial charge < -0.3 is 10.5 Å². The summed E-state index contributed by atoms with van der Waals surface area (Å²) >= 11 is 0. The highest BCUT2D eigenvalue weighted by atomic mass is 16.5. The first kappa shape index (κ1) is 11.0. The molecule has 0 spiro atoms. The molecule has 0 heterocycles. The fourth-order valence-corrected chi connectivity index (χ4v) is 1.49. The molecule has 2 rings (SSSR count). The van der Waals surface area contributed by atoms with Crippen molar-refractivity contribution in [1.29, 1.82) is 5.26 Å². The van der Waals surface area contributed by atoms with E-state index in [-0.39, 0.29) is 0 Å². The van der Waals surface area contributed by atoms with E-state index in [1.54, 1.807) is 30.3 Å². The normalized spacial score (nSPS) is 9.65. The van der Waals surface area contributed by atoms with Crippen molar-refractivity contribution in [3.8, 4) is 17.6 Å². The summed E-state index contributed by atoms with van der Waals surface area (Å²) in [6.07, 6.45) is 0. The average molecular weight is 224 g/mol. The van der Waals surface area contributed by atoms with Crippen molar-refractivity contribution >= 4 is 5.69 Å². The molecule has 84 valence electrons. The molecule has 0 fully saturated rings. The molecule has 2 aromatic carbocycles. The molecule has 0 aliphatic rings. The molecular weight excluding hydrogens is 212 g/mol. The third kappa shape index (κ3) is 2.37. The summed E-state index contributed by atoms with van der Waals surface area (Å²) in [5.41, 5.74) is 7.93. The second-order valence-corrected chi connectivity index (χ2v) is 3.73. The third-order valence-electron chi connectivity index (χ3n) is 2.48. The molecular formula is C14H12N2O. The molecule has 0 unspecified atom stereocenters. The monoisotopic (exact) mass is 224 g/mol. The predicted molar refractivity (Wildman–Crippen MR) is 66.8 cm³/mol. The van der Waals surface area contributed by atoms with Crippen molar-refractivity contribution in [3.63, 3.8) is 0 Å². The Balaban J connectivity index is 2.32. The molecule has 0 bridgehead atoms. The number of hydrogen-bond donors (Lipinski definition) is 1. The van der Waals surface area contributed by atoms with Gasteiger partial charge in [-0.15, -0.1) is 0 Å². The quantitative estimate of drug-likeness (QED) is 0.796. The summed E-state index contributed by atoms with van der Waals surface area (Å²) in [4.78, 5) is 0. The van der Waals surface area contributed by atoms with Crippen LogP contribution in [0.25, 0.3) is 0 Å². The Bertz CT molecular complexity index is 585. The van der Waals surface area contributed by atoms with Crippen molar-refractivity contribution in [2.75, 3.05) is 5.73 Å². The minimum Gasteiger partial charge on any atom is -0.456 e. The maximum atomic E-state index is 8.95. The molecule has 0 amide bonds. The lowest BCUT2D eigenvalue weighted by molar-refractivity contribution is 0.481. The van der Waals surface area contributed by atoms with Crippen LogP contribution in [0, 0.1) is 18.3 Å². The van der Waals surface area contributed by atoms with Crippen LogP contribution in [0.1, 0.15) is 11.1 Å². The van der Waals surface area contributed by atoms with E-state index in [2.05, 4.69) is 6.07 Å². The van der Waals surface area contributed by atoms with Crippen LogP contribution in [0.3, 0.4) is 0 Å². The van der Waals surface area contributed by atoms with E-state index in [4.69, 9.17) is 15.7 Å². The number of anilines is 1. The Morgan fingerprint density at radius 1 is 1.18 bits per heavy atom. The van der Waals surface area contributed by atoms with E-state index >= 15 is 0 Å². The first-order valence-electron chi connectivity index (χ1n) is 5.24. The number of hydrogen-bond acceptors (Lipinski definition) is 3. The van der Waals surface area contributed by atoms with E-state index in [9.17, 15) is 0 Å². The molecule has 0 aliphatic heterocycles. The Labute approximate surface area is 100 Å². The summed E-state index contributed by atoms with van der Waals surface area (Å²) in [6.45, 7) is 1.92. The highest BCUT2D eigenvalue weighted by Gasteiger charge is 2.04. The zero-order valence-corrected chi connectivity index (χ0v) is 9.47. The van der Waals surface area contributed by atoms with E-state index in [1.165, 1.54) is 0 Å². The first-order valence-corrected chi connectivity index (χ1v) is 5.24. The van der Waals surface area contributed by atoms with Gasteiger partial charge >= 0.3 is 0 Å². The Morgan fingerprint density at radius 3 is 2.65 bits per heavy atom. The van der Waals surface area contributed by atoms with Crippen molar-refractivity contribution in [2.45, 2.75) is 6.92 Å². The highest BCUT2D eigenvalue weighted by molar-refractivity contribution is 5.51. The van der Waals surface area contributed by atoms with Crippen molar-refractivity contribution < 1.29 is 4.74 Å². The van der Waals surface area contributed by atoms with Gasteiger partial charge in [-0.3, -0.25) is 0 Å². The molecule has 0 atom stereocenters. The molecule has 2 N–H and O–H groups in total. The number of para-hydroxylation sites is 1. The van der Waals surface area contributed by atoms with Crippen LogP contribution in [-0.2, 0) is 0 Å². The van der Waals surface area contributed by atoms with E-state index in [0.717, 1.165) is 11.3 Å². The molecule has 17 heavy (non-hydrogen) atoms. The van der Waals surface area contributed by atoms with Gasteiger partial charge in [0.15, 0.2) is 0 Å². The van der Waals surface area contributed by atoms with Crippen LogP contribution in [0.4, 0.5) is 5.69 Å². The minimum absolute atomic E-state index is 0.516. The van der Waals surface area contributed by atoms with Crippen molar-refractivity contribution in [3.05, 3.63) is 53.6 Å². The second kappa shape index (κ2) is 4.58. The SMILES string of the molecule is Cc1cc(Oc2ccccc2C#N)ccc1N. The van der Waals surface area contributed by atoms with Crippen LogP contribution < -0.4 is 10.5 Å². The van der Waals surface area contributed by atoms with Crippen molar-refractivity contribution in [1.82, 2.24) is 0 Å². The maximum Gasteiger partial charge on any atom is 0.145 e. The smallest absolute Gasteiger partial charge is 0.145 e. The van der Waals surface area contributed by atoms with Crippen molar-refractivity contribution in [2.24, 2.45) is 0 Å². The number of nitrogens with two attached hydrogens (primary N) is 1. The number of nitrogen functional groups attached to an aromatic ring is 1.